The van der Waals surface area contributed by atoms with Crippen LogP contribution in [0, 0.1) is 5.92 Å². The second kappa shape index (κ2) is 9.75. The molecule has 0 aromatic rings. The Hall–Kier alpha value is -0.120. The highest BCUT2D eigenvalue weighted by molar-refractivity contribution is 4.72. The van der Waals surface area contributed by atoms with Crippen molar-refractivity contribution in [3.8, 4) is 0 Å². The summed E-state index contributed by atoms with van der Waals surface area (Å²) in [4.78, 5) is 0. The van der Waals surface area contributed by atoms with Gasteiger partial charge in [-0.1, -0.05) is 26.7 Å². The minimum Gasteiger partial charge on any atom is -0.375 e. The van der Waals surface area contributed by atoms with Crippen LogP contribution in [0.4, 0.5) is 0 Å². The molecule has 122 valence electrons. The Kier molecular flexibility index (Phi) is 9.69. The minimum atomic E-state index is -0.106. The molecule has 0 amide bonds. The third kappa shape index (κ3) is 11.7. The molecule has 0 unspecified atom stereocenters. The van der Waals surface area contributed by atoms with Crippen molar-refractivity contribution < 1.29 is 9.47 Å². The van der Waals surface area contributed by atoms with Crippen LogP contribution in [-0.2, 0) is 9.47 Å². The van der Waals surface area contributed by atoms with Gasteiger partial charge in [0.15, 0.2) is 0 Å². The molecule has 0 fully saturated rings. The summed E-state index contributed by atoms with van der Waals surface area (Å²) < 4.78 is 11.9. The molecule has 0 spiro atoms. The Labute approximate surface area is 126 Å². The SMILES string of the molecule is CNCCOC(C)(C)CCOC(C)(C)CCCC(C)C. The van der Waals surface area contributed by atoms with Crippen LogP contribution in [-0.4, -0.2) is 38.0 Å². The van der Waals surface area contributed by atoms with Gasteiger partial charge in [-0.05, 0) is 53.5 Å². The van der Waals surface area contributed by atoms with E-state index in [9.17, 15) is 0 Å². The van der Waals surface area contributed by atoms with E-state index in [1.54, 1.807) is 0 Å². The second-order valence-electron chi connectivity index (χ2n) is 7.36. The molecule has 0 bridgehead atoms. The van der Waals surface area contributed by atoms with Crippen LogP contribution >= 0.6 is 0 Å². The van der Waals surface area contributed by atoms with Crippen LogP contribution in [0.1, 0.15) is 67.2 Å². The predicted molar refractivity (Wildman–Crippen MR) is 87.3 cm³/mol. The second-order valence-corrected chi connectivity index (χ2v) is 7.36. The molecular formula is C17H37NO2. The topological polar surface area (TPSA) is 30.5 Å². The van der Waals surface area contributed by atoms with Crippen LogP contribution in [0.3, 0.4) is 0 Å². The lowest BCUT2D eigenvalue weighted by atomic mass is 9.97. The van der Waals surface area contributed by atoms with Crippen LogP contribution < -0.4 is 5.32 Å². The maximum Gasteiger partial charge on any atom is 0.0649 e. The van der Waals surface area contributed by atoms with Crippen LogP contribution in [0.15, 0.2) is 0 Å². The smallest absolute Gasteiger partial charge is 0.0649 e. The summed E-state index contributed by atoms with van der Waals surface area (Å²) >= 11 is 0. The fourth-order valence-electron chi connectivity index (χ4n) is 2.08. The van der Waals surface area contributed by atoms with Crippen molar-refractivity contribution in [2.24, 2.45) is 5.92 Å². The summed E-state index contributed by atoms with van der Waals surface area (Å²) in [5.74, 6) is 0.783. The van der Waals surface area contributed by atoms with E-state index in [1.165, 1.54) is 12.8 Å². The lowest BCUT2D eigenvalue weighted by molar-refractivity contribution is -0.0739. The number of likely N-dealkylation sites (N-methyl/N-ethyl adjacent to an activating group) is 1. The van der Waals surface area contributed by atoms with Gasteiger partial charge < -0.3 is 14.8 Å². The van der Waals surface area contributed by atoms with Crippen LogP contribution in [0.2, 0.25) is 0 Å². The molecule has 0 saturated carbocycles. The summed E-state index contributed by atoms with van der Waals surface area (Å²) in [6.07, 6.45) is 4.59. The van der Waals surface area contributed by atoms with Gasteiger partial charge in [-0.3, -0.25) is 0 Å². The molecule has 0 rings (SSSR count). The largest absolute Gasteiger partial charge is 0.375 e. The quantitative estimate of drug-likeness (QED) is 0.550. The first-order valence-electron chi connectivity index (χ1n) is 8.11. The molecule has 3 heteroatoms. The maximum atomic E-state index is 6.06. The summed E-state index contributed by atoms with van der Waals surface area (Å²) in [7, 11) is 1.94. The lowest BCUT2D eigenvalue weighted by Gasteiger charge is -2.30. The molecule has 0 heterocycles. The molecule has 3 nitrogen and oxygen atoms in total. The molecule has 0 aliphatic rings. The van der Waals surface area contributed by atoms with Gasteiger partial charge >= 0.3 is 0 Å². The normalized spacial score (nSPS) is 13.2. The fourth-order valence-corrected chi connectivity index (χ4v) is 2.08. The minimum absolute atomic E-state index is 0.0179. The lowest BCUT2D eigenvalue weighted by Crippen LogP contribution is -2.32. The number of rotatable bonds is 12. The van der Waals surface area contributed by atoms with Gasteiger partial charge in [0.2, 0.25) is 0 Å². The van der Waals surface area contributed by atoms with E-state index >= 15 is 0 Å². The van der Waals surface area contributed by atoms with Crippen LogP contribution in [0.5, 0.6) is 0 Å². The molecule has 0 aromatic heterocycles. The third-order valence-electron chi connectivity index (χ3n) is 3.60. The molecule has 20 heavy (non-hydrogen) atoms. The van der Waals surface area contributed by atoms with E-state index in [1.807, 2.05) is 7.05 Å². The zero-order chi connectivity index (χ0) is 15.6. The Morgan fingerprint density at radius 1 is 0.900 bits per heavy atom. The summed E-state index contributed by atoms with van der Waals surface area (Å²) in [6.45, 7) is 15.6. The van der Waals surface area contributed by atoms with Crippen molar-refractivity contribution >= 4 is 0 Å². The molecule has 0 aliphatic carbocycles. The van der Waals surface area contributed by atoms with Gasteiger partial charge in [-0.2, -0.15) is 0 Å². The molecule has 1 N–H and O–H groups in total. The Morgan fingerprint density at radius 2 is 1.45 bits per heavy atom. The van der Waals surface area contributed by atoms with Gasteiger partial charge in [-0.15, -0.1) is 0 Å². The van der Waals surface area contributed by atoms with E-state index in [0.29, 0.717) is 0 Å². The molecule has 0 aliphatic heterocycles. The average molecular weight is 287 g/mol. The zero-order valence-corrected chi connectivity index (χ0v) is 14.8. The van der Waals surface area contributed by atoms with Gasteiger partial charge in [0.1, 0.15) is 0 Å². The van der Waals surface area contributed by atoms with Gasteiger partial charge in [-0.25, -0.2) is 0 Å². The zero-order valence-electron chi connectivity index (χ0n) is 14.8. The first kappa shape index (κ1) is 19.9. The van der Waals surface area contributed by atoms with Gasteiger partial charge in [0, 0.05) is 6.54 Å². The monoisotopic (exact) mass is 287 g/mol. The van der Waals surface area contributed by atoms with E-state index in [0.717, 1.165) is 38.5 Å². The molecule has 0 saturated heterocycles. The summed E-state index contributed by atoms with van der Waals surface area (Å²) in [5, 5.41) is 3.10. The highest BCUT2D eigenvalue weighted by atomic mass is 16.5. The van der Waals surface area contributed by atoms with E-state index in [-0.39, 0.29) is 11.2 Å². The highest BCUT2D eigenvalue weighted by Crippen LogP contribution is 2.22. The van der Waals surface area contributed by atoms with Gasteiger partial charge in [0.25, 0.3) is 0 Å². The van der Waals surface area contributed by atoms with Crippen molar-refractivity contribution in [2.45, 2.75) is 78.4 Å². The highest BCUT2D eigenvalue weighted by Gasteiger charge is 2.22. The number of nitrogens with one attached hydrogen (secondary N) is 1. The fraction of sp³-hybridized carbons (Fsp3) is 1.00. The maximum absolute atomic E-state index is 6.06. The molecular weight excluding hydrogens is 250 g/mol. The summed E-state index contributed by atoms with van der Waals surface area (Å²) in [6, 6.07) is 0. The summed E-state index contributed by atoms with van der Waals surface area (Å²) in [5.41, 5.74) is -0.124. The number of ether oxygens (including phenoxy) is 2. The standard InChI is InChI=1S/C17H37NO2/c1-15(2)9-8-10-16(3,4)19-13-11-17(5,6)20-14-12-18-7/h15,18H,8-14H2,1-7H3. The number of hydrogen-bond donors (Lipinski definition) is 1. The van der Waals surface area contributed by atoms with Crippen molar-refractivity contribution in [3.05, 3.63) is 0 Å². The Morgan fingerprint density at radius 3 is 2.00 bits per heavy atom. The van der Waals surface area contributed by atoms with E-state index < -0.39 is 0 Å². The van der Waals surface area contributed by atoms with Crippen molar-refractivity contribution in [1.82, 2.24) is 5.32 Å². The van der Waals surface area contributed by atoms with Gasteiger partial charge in [0.05, 0.1) is 24.4 Å². The molecule has 0 aromatic carbocycles. The Bertz CT molecular complexity index is 237. The molecule has 0 atom stereocenters. The van der Waals surface area contributed by atoms with Crippen LogP contribution in [0.25, 0.3) is 0 Å². The van der Waals surface area contributed by atoms with Crippen molar-refractivity contribution in [2.75, 3.05) is 26.8 Å². The number of hydrogen-bond acceptors (Lipinski definition) is 3. The van der Waals surface area contributed by atoms with E-state index in [4.69, 9.17) is 9.47 Å². The van der Waals surface area contributed by atoms with E-state index in [2.05, 4.69) is 46.9 Å². The first-order chi connectivity index (χ1) is 9.18. The average Bonchev–Trinajstić information content (AvgIpc) is 2.27. The Balaban J connectivity index is 3.83. The third-order valence-corrected chi connectivity index (χ3v) is 3.60. The van der Waals surface area contributed by atoms with Crippen molar-refractivity contribution in [3.63, 3.8) is 0 Å². The first-order valence-corrected chi connectivity index (χ1v) is 8.11. The molecule has 0 radical (unpaired) electrons. The van der Waals surface area contributed by atoms with Crippen molar-refractivity contribution in [1.29, 1.82) is 0 Å². The predicted octanol–water partition coefficient (Wildman–Crippen LogP) is 4.01.